The van der Waals surface area contributed by atoms with Crippen molar-refractivity contribution in [1.82, 2.24) is 4.98 Å². The minimum Gasteiger partial charge on any atom is -0.394 e. The number of aromatic amines is 1. The topological polar surface area (TPSA) is 62.0 Å². The maximum Gasteiger partial charge on any atom is 0.0683 e. The first-order valence-electron chi connectivity index (χ1n) is 4.35. The number of fused-ring (bicyclic) bond motifs is 1. The van der Waals surface area contributed by atoms with Gasteiger partial charge in [-0.05, 0) is 23.6 Å². The maximum atomic E-state index is 8.91. The molecule has 1 aromatic carbocycles. The molecule has 0 bridgehead atoms. The Morgan fingerprint density at radius 2 is 2.21 bits per heavy atom. The molecular formula is C10H11BrN2O. The molecule has 74 valence electrons. The third kappa shape index (κ3) is 1.68. The van der Waals surface area contributed by atoms with Gasteiger partial charge in [-0.15, -0.1) is 0 Å². The summed E-state index contributed by atoms with van der Waals surface area (Å²) in [6, 6.07) is 7.60. The van der Waals surface area contributed by atoms with Crippen LogP contribution in [0.2, 0.25) is 0 Å². The second-order valence-electron chi connectivity index (χ2n) is 3.25. The van der Waals surface area contributed by atoms with Crippen molar-refractivity contribution in [3.8, 4) is 0 Å². The highest BCUT2D eigenvalue weighted by Gasteiger charge is 2.07. The van der Waals surface area contributed by atoms with Gasteiger partial charge in [-0.2, -0.15) is 0 Å². The number of hydrogen-bond donors (Lipinski definition) is 3. The van der Waals surface area contributed by atoms with Gasteiger partial charge in [0, 0.05) is 15.7 Å². The Bertz CT molecular complexity index is 452. The van der Waals surface area contributed by atoms with Crippen molar-refractivity contribution in [1.29, 1.82) is 0 Å². The van der Waals surface area contributed by atoms with Crippen LogP contribution >= 0.6 is 15.9 Å². The van der Waals surface area contributed by atoms with E-state index in [2.05, 4.69) is 20.9 Å². The van der Waals surface area contributed by atoms with E-state index in [0.29, 0.717) is 0 Å². The molecule has 0 unspecified atom stereocenters. The van der Waals surface area contributed by atoms with Crippen LogP contribution in [0.5, 0.6) is 0 Å². The van der Waals surface area contributed by atoms with E-state index in [0.717, 1.165) is 21.1 Å². The Hall–Kier alpha value is -0.840. The predicted molar refractivity (Wildman–Crippen MR) is 60.0 cm³/mol. The van der Waals surface area contributed by atoms with E-state index in [-0.39, 0.29) is 12.6 Å². The molecule has 0 aliphatic rings. The fourth-order valence-electron chi connectivity index (χ4n) is 1.42. The number of halogens is 1. The summed E-state index contributed by atoms with van der Waals surface area (Å²) in [6.07, 6.45) is 0. The smallest absolute Gasteiger partial charge is 0.0683 e. The van der Waals surface area contributed by atoms with E-state index in [1.54, 1.807) is 0 Å². The first kappa shape index (κ1) is 9.71. The van der Waals surface area contributed by atoms with Gasteiger partial charge in [0.05, 0.1) is 12.6 Å². The SMILES string of the molecule is N[C@H](CO)c1cc2ccc(Br)cc2[nH]1. The maximum absolute atomic E-state index is 8.91. The monoisotopic (exact) mass is 254 g/mol. The van der Waals surface area contributed by atoms with Gasteiger partial charge in [-0.25, -0.2) is 0 Å². The number of aromatic nitrogens is 1. The van der Waals surface area contributed by atoms with Gasteiger partial charge in [0.25, 0.3) is 0 Å². The molecule has 4 N–H and O–H groups in total. The fraction of sp³-hybridized carbons (Fsp3) is 0.200. The molecule has 1 aromatic heterocycles. The minimum atomic E-state index is -0.332. The van der Waals surface area contributed by atoms with Crippen molar-refractivity contribution in [2.24, 2.45) is 5.73 Å². The Morgan fingerprint density at radius 1 is 1.43 bits per heavy atom. The predicted octanol–water partition coefficient (Wildman–Crippen LogP) is 1.92. The highest BCUT2D eigenvalue weighted by Crippen LogP contribution is 2.22. The number of benzene rings is 1. The highest BCUT2D eigenvalue weighted by molar-refractivity contribution is 9.10. The van der Waals surface area contributed by atoms with E-state index < -0.39 is 0 Å². The number of H-pyrrole nitrogens is 1. The molecule has 0 amide bonds. The summed E-state index contributed by atoms with van der Waals surface area (Å²) in [6.45, 7) is -0.0476. The molecule has 0 spiro atoms. The first-order chi connectivity index (χ1) is 6.70. The average Bonchev–Trinajstić information content (AvgIpc) is 2.59. The minimum absolute atomic E-state index is 0.0476. The van der Waals surface area contributed by atoms with Crippen molar-refractivity contribution >= 4 is 26.8 Å². The van der Waals surface area contributed by atoms with E-state index in [9.17, 15) is 0 Å². The standard InChI is InChI=1S/C10H11BrN2O/c11-7-2-1-6-3-10(8(12)5-14)13-9(6)4-7/h1-4,8,13-14H,5,12H2/t8-/m1/s1. The first-order valence-corrected chi connectivity index (χ1v) is 5.14. The molecular weight excluding hydrogens is 244 g/mol. The van der Waals surface area contributed by atoms with Crippen molar-refractivity contribution < 1.29 is 5.11 Å². The van der Waals surface area contributed by atoms with Crippen LogP contribution in [0.4, 0.5) is 0 Å². The molecule has 0 fully saturated rings. The van der Waals surface area contributed by atoms with E-state index in [4.69, 9.17) is 10.8 Å². The number of aliphatic hydroxyl groups is 1. The Labute approximate surface area is 90.1 Å². The molecule has 1 heterocycles. The van der Waals surface area contributed by atoms with Crippen LogP contribution in [-0.4, -0.2) is 16.7 Å². The van der Waals surface area contributed by atoms with Crippen molar-refractivity contribution in [3.05, 3.63) is 34.4 Å². The number of nitrogens with two attached hydrogens (primary N) is 1. The lowest BCUT2D eigenvalue weighted by Gasteiger charge is -2.03. The van der Waals surface area contributed by atoms with Gasteiger partial charge in [0.15, 0.2) is 0 Å². The third-order valence-corrected chi connectivity index (χ3v) is 2.69. The van der Waals surface area contributed by atoms with Gasteiger partial charge in [-0.1, -0.05) is 22.0 Å². The Morgan fingerprint density at radius 3 is 2.93 bits per heavy atom. The molecule has 3 nitrogen and oxygen atoms in total. The van der Waals surface area contributed by atoms with Crippen molar-refractivity contribution in [2.75, 3.05) is 6.61 Å². The van der Waals surface area contributed by atoms with Gasteiger partial charge < -0.3 is 15.8 Å². The molecule has 2 aromatic rings. The average molecular weight is 255 g/mol. The van der Waals surface area contributed by atoms with Gasteiger partial charge in [0.2, 0.25) is 0 Å². The molecule has 0 saturated carbocycles. The second-order valence-corrected chi connectivity index (χ2v) is 4.16. The lowest BCUT2D eigenvalue weighted by molar-refractivity contribution is 0.266. The summed E-state index contributed by atoms with van der Waals surface area (Å²) < 4.78 is 1.02. The van der Waals surface area contributed by atoms with Gasteiger partial charge in [-0.3, -0.25) is 0 Å². The van der Waals surface area contributed by atoms with Crippen LogP contribution in [0.1, 0.15) is 11.7 Å². The lowest BCUT2D eigenvalue weighted by Crippen LogP contribution is -2.14. The Balaban J connectivity index is 2.51. The molecule has 1 atom stereocenters. The summed E-state index contributed by atoms with van der Waals surface area (Å²) in [7, 11) is 0. The molecule has 0 radical (unpaired) electrons. The summed E-state index contributed by atoms with van der Waals surface area (Å²) >= 11 is 3.40. The zero-order chi connectivity index (χ0) is 10.1. The van der Waals surface area contributed by atoms with Gasteiger partial charge >= 0.3 is 0 Å². The summed E-state index contributed by atoms with van der Waals surface area (Å²) in [5.41, 5.74) is 7.59. The molecule has 0 aliphatic heterocycles. The van der Waals surface area contributed by atoms with Crippen molar-refractivity contribution in [3.63, 3.8) is 0 Å². The zero-order valence-electron chi connectivity index (χ0n) is 7.50. The third-order valence-electron chi connectivity index (χ3n) is 2.20. The molecule has 14 heavy (non-hydrogen) atoms. The fourth-order valence-corrected chi connectivity index (χ4v) is 1.78. The largest absolute Gasteiger partial charge is 0.394 e. The highest BCUT2D eigenvalue weighted by atomic mass is 79.9. The number of nitrogens with one attached hydrogen (secondary N) is 1. The van der Waals surface area contributed by atoms with Crippen LogP contribution in [0.3, 0.4) is 0 Å². The quantitative estimate of drug-likeness (QED) is 0.767. The van der Waals surface area contributed by atoms with E-state index >= 15 is 0 Å². The molecule has 0 saturated heterocycles. The van der Waals surface area contributed by atoms with Crippen LogP contribution in [0.15, 0.2) is 28.7 Å². The van der Waals surface area contributed by atoms with E-state index in [1.807, 2.05) is 24.3 Å². The Kier molecular flexibility index (Phi) is 2.58. The van der Waals surface area contributed by atoms with Gasteiger partial charge in [0.1, 0.15) is 0 Å². The normalized spacial score (nSPS) is 13.4. The van der Waals surface area contributed by atoms with Crippen LogP contribution in [0, 0.1) is 0 Å². The summed E-state index contributed by atoms with van der Waals surface area (Å²) in [4.78, 5) is 3.17. The second kappa shape index (κ2) is 3.73. The number of hydrogen-bond acceptors (Lipinski definition) is 2. The molecule has 4 heteroatoms. The lowest BCUT2D eigenvalue weighted by atomic mass is 10.2. The molecule has 0 aliphatic carbocycles. The summed E-state index contributed by atoms with van der Waals surface area (Å²) in [5, 5.41) is 10.0. The zero-order valence-corrected chi connectivity index (χ0v) is 9.08. The molecule has 2 rings (SSSR count). The van der Waals surface area contributed by atoms with Crippen LogP contribution in [-0.2, 0) is 0 Å². The van der Waals surface area contributed by atoms with E-state index in [1.165, 1.54) is 0 Å². The number of rotatable bonds is 2. The van der Waals surface area contributed by atoms with Crippen LogP contribution < -0.4 is 5.73 Å². The summed E-state index contributed by atoms with van der Waals surface area (Å²) in [5.74, 6) is 0. The number of aliphatic hydroxyl groups excluding tert-OH is 1. The van der Waals surface area contributed by atoms with Crippen LogP contribution in [0.25, 0.3) is 10.9 Å². The van der Waals surface area contributed by atoms with Crippen molar-refractivity contribution in [2.45, 2.75) is 6.04 Å².